The molecule has 1 aliphatic rings. The van der Waals surface area contributed by atoms with E-state index < -0.39 is 0 Å². The standard InChI is InChI=1S/C18H29NO2/c1-3-14-5-7-15(8-6-14)12-19-13-16-9-10-17(20)18(11-16)21-4-2/h9-11,14-15,19-20H,3-8,12-13H2,1-2H3. The first-order valence-electron chi connectivity index (χ1n) is 8.38. The van der Waals surface area contributed by atoms with Crippen LogP contribution < -0.4 is 10.1 Å². The number of ether oxygens (including phenoxy) is 1. The topological polar surface area (TPSA) is 41.5 Å². The van der Waals surface area contributed by atoms with Crippen LogP contribution in [0.4, 0.5) is 0 Å². The molecule has 0 spiro atoms. The number of phenols is 1. The predicted molar refractivity (Wildman–Crippen MR) is 86.7 cm³/mol. The lowest BCUT2D eigenvalue weighted by Crippen LogP contribution is -2.26. The van der Waals surface area contributed by atoms with Crippen LogP contribution in [0.1, 0.15) is 51.5 Å². The Hall–Kier alpha value is -1.22. The molecule has 3 nitrogen and oxygen atoms in total. The summed E-state index contributed by atoms with van der Waals surface area (Å²) in [5, 5.41) is 13.3. The zero-order chi connectivity index (χ0) is 15.1. The number of phenolic OH excluding ortho intramolecular Hbond substituents is 1. The van der Waals surface area contributed by atoms with Gasteiger partial charge in [-0.05, 0) is 55.8 Å². The molecule has 0 bridgehead atoms. The normalized spacial score (nSPS) is 22.2. The van der Waals surface area contributed by atoms with Gasteiger partial charge in [-0.15, -0.1) is 0 Å². The van der Waals surface area contributed by atoms with E-state index in [2.05, 4.69) is 12.2 Å². The molecule has 1 aliphatic carbocycles. The van der Waals surface area contributed by atoms with Gasteiger partial charge >= 0.3 is 0 Å². The van der Waals surface area contributed by atoms with Gasteiger partial charge in [0, 0.05) is 6.54 Å². The first-order chi connectivity index (χ1) is 10.2. The lowest BCUT2D eigenvalue weighted by Gasteiger charge is -2.28. The third kappa shape index (κ3) is 4.92. The third-order valence-corrected chi connectivity index (χ3v) is 4.63. The van der Waals surface area contributed by atoms with Gasteiger partial charge in [-0.25, -0.2) is 0 Å². The molecule has 0 amide bonds. The van der Waals surface area contributed by atoms with Crippen LogP contribution in [0.2, 0.25) is 0 Å². The van der Waals surface area contributed by atoms with Crippen molar-refractivity contribution in [3.8, 4) is 11.5 Å². The molecule has 1 aromatic carbocycles. The summed E-state index contributed by atoms with van der Waals surface area (Å²) in [7, 11) is 0. The van der Waals surface area contributed by atoms with E-state index in [-0.39, 0.29) is 5.75 Å². The Kier molecular flexibility index (Phi) is 6.37. The maximum absolute atomic E-state index is 9.70. The molecule has 0 heterocycles. The summed E-state index contributed by atoms with van der Waals surface area (Å²) in [5.41, 5.74) is 1.17. The number of aromatic hydroxyl groups is 1. The molecule has 21 heavy (non-hydrogen) atoms. The summed E-state index contributed by atoms with van der Waals surface area (Å²) in [4.78, 5) is 0. The van der Waals surface area contributed by atoms with Gasteiger partial charge in [0.25, 0.3) is 0 Å². The van der Waals surface area contributed by atoms with Crippen LogP contribution in [0, 0.1) is 11.8 Å². The second kappa shape index (κ2) is 8.28. The van der Waals surface area contributed by atoms with Crippen molar-refractivity contribution in [2.45, 2.75) is 52.5 Å². The number of hydrogen-bond donors (Lipinski definition) is 2. The van der Waals surface area contributed by atoms with Crippen molar-refractivity contribution in [1.29, 1.82) is 0 Å². The average molecular weight is 291 g/mol. The molecule has 3 heteroatoms. The molecule has 0 unspecified atom stereocenters. The van der Waals surface area contributed by atoms with E-state index in [1.165, 1.54) is 37.7 Å². The Bertz CT molecular complexity index is 425. The monoisotopic (exact) mass is 291 g/mol. The highest BCUT2D eigenvalue weighted by molar-refractivity contribution is 5.41. The van der Waals surface area contributed by atoms with Crippen LogP contribution in [0.5, 0.6) is 11.5 Å². The van der Waals surface area contributed by atoms with Crippen LogP contribution >= 0.6 is 0 Å². The van der Waals surface area contributed by atoms with Gasteiger partial charge in [0.2, 0.25) is 0 Å². The average Bonchev–Trinajstić information content (AvgIpc) is 2.51. The molecule has 1 fully saturated rings. The van der Waals surface area contributed by atoms with Gasteiger partial charge in [-0.2, -0.15) is 0 Å². The molecule has 1 aromatic rings. The van der Waals surface area contributed by atoms with Gasteiger partial charge in [0.05, 0.1) is 6.61 Å². The Morgan fingerprint density at radius 2 is 1.86 bits per heavy atom. The molecular weight excluding hydrogens is 262 g/mol. The van der Waals surface area contributed by atoms with Crippen molar-refractivity contribution in [2.24, 2.45) is 11.8 Å². The van der Waals surface area contributed by atoms with E-state index in [0.29, 0.717) is 12.4 Å². The minimum absolute atomic E-state index is 0.221. The fraction of sp³-hybridized carbons (Fsp3) is 0.667. The summed E-state index contributed by atoms with van der Waals surface area (Å²) < 4.78 is 5.42. The summed E-state index contributed by atoms with van der Waals surface area (Å²) in [5.74, 6) is 2.60. The summed E-state index contributed by atoms with van der Waals surface area (Å²) in [6.07, 6.45) is 6.87. The minimum Gasteiger partial charge on any atom is -0.504 e. The van der Waals surface area contributed by atoms with Gasteiger partial charge in [0.1, 0.15) is 0 Å². The van der Waals surface area contributed by atoms with Crippen molar-refractivity contribution in [3.63, 3.8) is 0 Å². The molecule has 0 aliphatic heterocycles. The fourth-order valence-corrected chi connectivity index (χ4v) is 3.20. The van der Waals surface area contributed by atoms with Crippen molar-refractivity contribution >= 4 is 0 Å². The smallest absolute Gasteiger partial charge is 0.161 e. The fourth-order valence-electron chi connectivity index (χ4n) is 3.20. The van der Waals surface area contributed by atoms with Gasteiger partial charge in [-0.1, -0.05) is 32.3 Å². The van der Waals surface area contributed by atoms with E-state index in [9.17, 15) is 5.11 Å². The highest BCUT2D eigenvalue weighted by Crippen LogP contribution is 2.30. The van der Waals surface area contributed by atoms with E-state index in [1.807, 2.05) is 19.1 Å². The number of hydrogen-bond acceptors (Lipinski definition) is 3. The van der Waals surface area contributed by atoms with Crippen LogP contribution in [0.25, 0.3) is 0 Å². The maximum atomic E-state index is 9.70. The first-order valence-corrected chi connectivity index (χ1v) is 8.38. The third-order valence-electron chi connectivity index (χ3n) is 4.63. The van der Waals surface area contributed by atoms with E-state index >= 15 is 0 Å². The molecule has 0 atom stereocenters. The number of nitrogens with one attached hydrogen (secondary N) is 1. The first kappa shape index (κ1) is 16.2. The van der Waals surface area contributed by atoms with Gasteiger partial charge < -0.3 is 15.2 Å². The molecule has 0 radical (unpaired) electrons. The largest absolute Gasteiger partial charge is 0.504 e. The molecule has 0 aromatic heterocycles. The van der Waals surface area contributed by atoms with Gasteiger partial charge in [0.15, 0.2) is 11.5 Å². The molecule has 0 saturated heterocycles. The number of benzene rings is 1. The molecule has 1 saturated carbocycles. The predicted octanol–water partition coefficient (Wildman–Crippen LogP) is 4.10. The van der Waals surface area contributed by atoms with Crippen LogP contribution in [0.3, 0.4) is 0 Å². The second-order valence-electron chi connectivity index (χ2n) is 6.16. The Labute approximate surface area is 128 Å². The van der Waals surface area contributed by atoms with Crippen molar-refractivity contribution in [3.05, 3.63) is 23.8 Å². The SMILES string of the molecule is CCOc1cc(CNCC2CCC(CC)CC2)ccc1O. The summed E-state index contributed by atoms with van der Waals surface area (Å²) in [6.45, 7) is 6.75. The van der Waals surface area contributed by atoms with E-state index in [4.69, 9.17) is 4.74 Å². The Balaban J connectivity index is 1.75. The van der Waals surface area contributed by atoms with Crippen molar-refractivity contribution < 1.29 is 9.84 Å². The lowest BCUT2D eigenvalue weighted by atomic mass is 9.81. The maximum Gasteiger partial charge on any atom is 0.161 e. The lowest BCUT2D eigenvalue weighted by molar-refractivity contribution is 0.262. The molecular formula is C18H29NO2. The van der Waals surface area contributed by atoms with Crippen LogP contribution in [-0.2, 0) is 6.54 Å². The molecule has 2 N–H and O–H groups in total. The Morgan fingerprint density at radius 3 is 2.52 bits per heavy atom. The summed E-state index contributed by atoms with van der Waals surface area (Å²) >= 11 is 0. The minimum atomic E-state index is 0.221. The second-order valence-corrected chi connectivity index (χ2v) is 6.16. The van der Waals surface area contributed by atoms with Gasteiger partial charge in [-0.3, -0.25) is 0 Å². The zero-order valence-corrected chi connectivity index (χ0v) is 13.4. The Morgan fingerprint density at radius 1 is 1.14 bits per heavy atom. The van der Waals surface area contributed by atoms with E-state index in [0.717, 1.165) is 24.9 Å². The van der Waals surface area contributed by atoms with Crippen LogP contribution in [0.15, 0.2) is 18.2 Å². The summed E-state index contributed by atoms with van der Waals surface area (Å²) in [6, 6.07) is 5.60. The zero-order valence-electron chi connectivity index (χ0n) is 13.4. The molecule has 2 rings (SSSR count). The highest BCUT2D eigenvalue weighted by Gasteiger charge is 2.19. The highest BCUT2D eigenvalue weighted by atomic mass is 16.5. The van der Waals surface area contributed by atoms with Crippen molar-refractivity contribution in [2.75, 3.05) is 13.2 Å². The molecule has 118 valence electrons. The van der Waals surface area contributed by atoms with E-state index in [1.54, 1.807) is 6.07 Å². The quantitative estimate of drug-likeness (QED) is 0.795. The van der Waals surface area contributed by atoms with Crippen molar-refractivity contribution in [1.82, 2.24) is 5.32 Å². The number of rotatable bonds is 7. The van der Waals surface area contributed by atoms with Crippen LogP contribution in [-0.4, -0.2) is 18.3 Å².